The number of unbranched alkanes of at least 4 members (excludes halogenated alkanes) is 2. The Hall–Kier alpha value is -1.49. The van der Waals surface area contributed by atoms with Gasteiger partial charge in [0.1, 0.15) is 5.52 Å². The largest absolute Gasteiger partial charge is 0.431 e. The van der Waals surface area contributed by atoms with Crippen LogP contribution < -0.4 is 5.32 Å². The molecule has 0 bridgehead atoms. The number of thioether (sulfide) groups is 1. The summed E-state index contributed by atoms with van der Waals surface area (Å²) in [5.41, 5.74) is 1.58. The molecule has 1 heterocycles. The van der Waals surface area contributed by atoms with Crippen molar-refractivity contribution in [3.63, 3.8) is 0 Å². The van der Waals surface area contributed by atoms with Gasteiger partial charge in [-0.3, -0.25) is 4.79 Å². The van der Waals surface area contributed by atoms with Crippen molar-refractivity contribution in [2.75, 3.05) is 12.3 Å². The second kappa shape index (κ2) is 7.19. The Kier molecular flexibility index (Phi) is 5.27. The first-order valence-electron chi connectivity index (χ1n) is 6.54. The Labute approximate surface area is 117 Å². The van der Waals surface area contributed by atoms with Crippen LogP contribution in [-0.2, 0) is 4.79 Å². The number of rotatable bonds is 7. The van der Waals surface area contributed by atoms with Crippen LogP contribution in [0.5, 0.6) is 0 Å². The number of para-hydroxylation sites is 2. The van der Waals surface area contributed by atoms with Crippen molar-refractivity contribution >= 4 is 28.8 Å². The maximum absolute atomic E-state index is 11.6. The van der Waals surface area contributed by atoms with Gasteiger partial charge in [0, 0.05) is 6.54 Å². The highest BCUT2D eigenvalue weighted by molar-refractivity contribution is 7.99. The van der Waals surface area contributed by atoms with E-state index < -0.39 is 0 Å². The van der Waals surface area contributed by atoms with Gasteiger partial charge >= 0.3 is 0 Å². The molecule has 102 valence electrons. The minimum Gasteiger partial charge on any atom is -0.431 e. The Morgan fingerprint density at radius 1 is 1.37 bits per heavy atom. The first-order chi connectivity index (χ1) is 9.29. The normalized spacial score (nSPS) is 10.8. The number of nitrogens with one attached hydrogen (secondary N) is 1. The van der Waals surface area contributed by atoms with E-state index in [2.05, 4.69) is 17.2 Å². The SMILES string of the molecule is CCCCCNC(=O)CSc1nc2ccccc2o1. The zero-order chi connectivity index (χ0) is 13.5. The fourth-order valence-corrected chi connectivity index (χ4v) is 2.36. The van der Waals surface area contributed by atoms with Gasteiger partial charge in [-0.25, -0.2) is 4.98 Å². The Balaban J connectivity index is 1.77. The van der Waals surface area contributed by atoms with Gasteiger partial charge in [-0.1, -0.05) is 43.7 Å². The van der Waals surface area contributed by atoms with Crippen LogP contribution in [0.3, 0.4) is 0 Å². The van der Waals surface area contributed by atoms with Crippen LogP contribution >= 0.6 is 11.8 Å². The number of fused-ring (bicyclic) bond motifs is 1. The van der Waals surface area contributed by atoms with Crippen molar-refractivity contribution in [2.45, 2.75) is 31.4 Å². The molecule has 0 saturated heterocycles. The standard InChI is InChI=1S/C14H18N2O2S/c1-2-3-6-9-15-13(17)10-19-14-16-11-7-4-5-8-12(11)18-14/h4-5,7-8H,2-3,6,9-10H2,1H3,(H,15,17). The molecular formula is C14H18N2O2S. The average Bonchev–Trinajstić information content (AvgIpc) is 2.84. The molecule has 0 aliphatic carbocycles. The van der Waals surface area contributed by atoms with Crippen LogP contribution in [0.1, 0.15) is 26.2 Å². The molecule has 1 aromatic carbocycles. The molecule has 2 aromatic rings. The summed E-state index contributed by atoms with van der Waals surface area (Å²) in [6.45, 7) is 2.89. The number of oxazole rings is 1. The zero-order valence-corrected chi connectivity index (χ0v) is 11.8. The highest BCUT2D eigenvalue weighted by atomic mass is 32.2. The fraction of sp³-hybridized carbons (Fsp3) is 0.429. The predicted molar refractivity (Wildman–Crippen MR) is 77.3 cm³/mol. The average molecular weight is 278 g/mol. The molecule has 1 N–H and O–H groups in total. The number of benzene rings is 1. The third-order valence-corrected chi connectivity index (χ3v) is 3.53. The van der Waals surface area contributed by atoms with Gasteiger partial charge in [0.15, 0.2) is 5.58 Å². The lowest BCUT2D eigenvalue weighted by atomic mass is 10.2. The summed E-state index contributed by atoms with van der Waals surface area (Å²) in [7, 11) is 0. The molecule has 2 rings (SSSR count). The lowest BCUT2D eigenvalue weighted by Gasteiger charge is -2.02. The number of amides is 1. The molecule has 0 radical (unpaired) electrons. The van der Waals surface area contributed by atoms with Crippen LogP contribution in [0, 0.1) is 0 Å². The number of hydrogen-bond acceptors (Lipinski definition) is 4. The van der Waals surface area contributed by atoms with E-state index in [-0.39, 0.29) is 5.91 Å². The van der Waals surface area contributed by atoms with Gasteiger partial charge < -0.3 is 9.73 Å². The molecule has 0 saturated carbocycles. The van der Waals surface area contributed by atoms with E-state index in [0.29, 0.717) is 11.0 Å². The quantitative estimate of drug-likeness (QED) is 0.624. The minimum atomic E-state index is 0.0309. The molecule has 0 unspecified atom stereocenters. The van der Waals surface area contributed by atoms with Crippen molar-refractivity contribution in [2.24, 2.45) is 0 Å². The van der Waals surface area contributed by atoms with Crippen LogP contribution in [0.25, 0.3) is 11.1 Å². The molecule has 0 fully saturated rings. The molecule has 0 spiro atoms. The smallest absolute Gasteiger partial charge is 0.257 e. The van der Waals surface area contributed by atoms with Crippen molar-refractivity contribution in [1.29, 1.82) is 0 Å². The van der Waals surface area contributed by atoms with E-state index in [0.717, 1.165) is 36.9 Å². The van der Waals surface area contributed by atoms with Gasteiger partial charge in [-0.15, -0.1) is 0 Å². The Morgan fingerprint density at radius 2 is 2.21 bits per heavy atom. The summed E-state index contributed by atoms with van der Waals surface area (Å²) in [5.74, 6) is 0.377. The number of nitrogens with zero attached hydrogens (tertiary/aromatic N) is 1. The van der Waals surface area contributed by atoms with Gasteiger partial charge in [0.25, 0.3) is 5.22 Å². The summed E-state index contributed by atoms with van der Waals surface area (Å²) in [5, 5.41) is 3.44. The van der Waals surface area contributed by atoms with Crippen molar-refractivity contribution in [1.82, 2.24) is 10.3 Å². The van der Waals surface area contributed by atoms with Crippen molar-refractivity contribution in [3.8, 4) is 0 Å². The van der Waals surface area contributed by atoms with Crippen LogP contribution in [0.4, 0.5) is 0 Å². The zero-order valence-electron chi connectivity index (χ0n) is 11.0. The molecule has 19 heavy (non-hydrogen) atoms. The van der Waals surface area contributed by atoms with Crippen molar-refractivity contribution < 1.29 is 9.21 Å². The predicted octanol–water partition coefficient (Wildman–Crippen LogP) is 3.23. The first-order valence-corrected chi connectivity index (χ1v) is 7.53. The maximum Gasteiger partial charge on any atom is 0.257 e. The summed E-state index contributed by atoms with van der Waals surface area (Å²) < 4.78 is 5.53. The summed E-state index contributed by atoms with van der Waals surface area (Å²) in [6, 6.07) is 7.59. The molecular weight excluding hydrogens is 260 g/mol. The van der Waals surface area contributed by atoms with E-state index in [9.17, 15) is 4.79 Å². The maximum atomic E-state index is 11.6. The molecule has 0 atom stereocenters. The molecule has 1 amide bonds. The molecule has 1 aromatic heterocycles. The van der Waals surface area contributed by atoms with E-state index in [1.807, 2.05) is 24.3 Å². The van der Waals surface area contributed by atoms with E-state index in [1.54, 1.807) is 0 Å². The summed E-state index contributed by atoms with van der Waals surface area (Å²) in [6.07, 6.45) is 3.35. The lowest BCUT2D eigenvalue weighted by molar-refractivity contribution is -0.118. The minimum absolute atomic E-state index is 0.0309. The highest BCUT2D eigenvalue weighted by Gasteiger charge is 2.08. The second-order valence-electron chi connectivity index (χ2n) is 4.29. The van der Waals surface area contributed by atoms with Gasteiger partial charge in [0.05, 0.1) is 5.75 Å². The fourth-order valence-electron chi connectivity index (χ4n) is 1.69. The number of hydrogen-bond donors (Lipinski definition) is 1. The molecule has 0 aliphatic heterocycles. The van der Waals surface area contributed by atoms with Gasteiger partial charge in [-0.2, -0.15) is 0 Å². The summed E-state index contributed by atoms with van der Waals surface area (Å²) in [4.78, 5) is 15.9. The van der Waals surface area contributed by atoms with E-state index >= 15 is 0 Å². The van der Waals surface area contributed by atoms with Crippen LogP contribution in [0.15, 0.2) is 33.9 Å². The van der Waals surface area contributed by atoms with Gasteiger partial charge in [-0.05, 0) is 18.6 Å². The number of aromatic nitrogens is 1. The Morgan fingerprint density at radius 3 is 3.00 bits per heavy atom. The molecule has 5 heteroatoms. The lowest BCUT2D eigenvalue weighted by Crippen LogP contribution is -2.26. The van der Waals surface area contributed by atoms with Gasteiger partial charge in [0.2, 0.25) is 5.91 Å². The van der Waals surface area contributed by atoms with Crippen LogP contribution in [0.2, 0.25) is 0 Å². The first kappa shape index (κ1) is 13.9. The number of carbonyl (C=O) groups excluding carboxylic acids is 1. The third-order valence-electron chi connectivity index (χ3n) is 2.70. The Bertz CT molecular complexity index is 506. The second-order valence-corrected chi connectivity index (χ2v) is 5.22. The van der Waals surface area contributed by atoms with Crippen LogP contribution in [-0.4, -0.2) is 23.2 Å². The summed E-state index contributed by atoms with van der Waals surface area (Å²) >= 11 is 1.33. The monoisotopic (exact) mass is 278 g/mol. The number of carbonyl (C=O) groups is 1. The molecule has 4 nitrogen and oxygen atoms in total. The molecule has 0 aliphatic rings. The van der Waals surface area contributed by atoms with E-state index in [1.165, 1.54) is 11.8 Å². The highest BCUT2D eigenvalue weighted by Crippen LogP contribution is 2.22. The van der Waals surface area contributed by atoms with E-state index in [4.69, 9.17) is 4.42 Å². The van der Waals surface area contributed by atoms with Crippen molar-refractivity contribution in [3.05, 3.63) is 24.3 Å². The third kappa shape index (κ3) is 4.28. The topological polar surface area (TPSA) is 55.1 Å².